The highest BCUT2D eigenvalue weighted by atomic mass is 32.1. The van der Waals surface area contributed by atoms with Crippen LogP contribution in [0.25, 0.3) is 10.6 Å². The molecule has 0 spiro atoms. The van der Waals surface area contributed by atoms with Crippen LogP contribution >= 0.6 is 11.3 Å². The molecule has 1 aromatic heterocycles. The third kappa shape index (κ3) is 6.74. The maximum atomic E-state index is 14.0. The Bertz CT molecular complexity index is 1160. The van der Waals surface area contributed by atoms with Gasteiger partial charge in [-0.3, -0.25) is 4.79 Å². The maximum absolute atomic E-state index is 14.0. The van der Waals surface area contributed by atoms with Crippen molar-refractivity contribution in [3.05, 3.63) is 71.5 Å². The van der Waals surface area contributed by atoms with Gasteiger partial charge in [0.25, 0.3) is 5.91 Å². The lowest BCUT2D eigenvalue weighted by Crippen LogP contribution is -2.62. The highest BCUT2D eigenvalue weighted by Crippen LogP contribution is 2.29. The zero-order chi connectivity index (χ0) is 25.8. The van der Waals surface area contributed by atoms with Gasteiger partial charge in [0.05, 0.1) is 12.2 Å². The molecule has 6 nitrogen and oxygen atoms in total. The van der Waals surface area contributed by atoms with E-state index in [1.807, 2.05) is 49.6 Å². The van der Waals surface area contributed by atoms with Crippen LogP contribution in [0.5, 0.6) is 0 Å². The highest BCUT2D eigenvalue weighted by molar-refractivity contribution is 7.13. The van der Waals surface area contributed by atoms with Crippen molar-refractivity contribution in [3.63, 3.8) is 0 Å². The van der Waals surface area contributed by atoms with Crippen molar-refractivity contribution in [2.75, 3.05) is 4.90 Å². The second kappa shape index (κ2) is 10.7. The average Bonchev–Trinajstić information content (AvgIpc) is 3.25. The van der Waals surface area contributed by atoms with Gasteiger partial charge in [-0.2, -0.15) is 0 Å². The van der Waals surface area contributed by atoms with Crippen LogP contribution in [0, 0.1) is 11.7 Å². The Kier molecular flexibility index (Phi) is 8.07. The fourth-order valence-electron chi connectivity index (χ4n) is 3.67. The van der Waals surface area contributed by atoms with Crippen molar-refractivity contribution in [2.45, 2.75) is 58.7 Å². The number of anilines is 1. The quantitative estimate of drug-likeness (QED) is 0.325. The summed E-state index contributed by atoms with van der Waals surface area (Å²) >= 11 is 1.45. The Labute approximate surface area is 209 Å². The molecule has 1 amide bonds. The summed E-state index contributed by atoms with van der Waals surface area (Å²) < 4.78 is 19.2. The number of benzene rings is 2. The fraction of sp³-hybridized carbons (Fsp3) is 0.370. The third-order valence-corrected chi connectivity index (χ3v) is 6.09. The molecule has 8 heteroatoms. The Hall–Kier alpha value is -3.10. The minimum absolute atomic E-state index is 0.0597. The van der Waals surface area contributed by atoms with Crippen molar-refractivity contribution in [2.24, 2.45) is 11.7 Å². The summed E-state index contributed by atoms with van der Waals surface area (Å²) in [5.74, 6) is -1.91. The minimum atomic E-state index is -1.92. The molecule has 0 saturated heterocycles. The highest BCUT2D eigenvalue weighted by Gasteiger charge is 2.48. The van der Waals surface area contributed by atoms with E-state index in [1.54, 1.807) is 20.8 Å². The smallest absolute Gasteiger partial charge is 0.336 e. The van der Waals surface area contributed by atoms with Crippen LogP contribution in [0.4, 0.5) is 10.1 Å². The van der Waals surface area contributed by atoms with E-state index in [-0.39, 0.29) is 18.9 Å². The number of amides is 1. The zero-order valence-corrected chi connectivity index (χ0v) is 21.6. The van der Waals surface area contributed by atoms with Crippen LogP contribution in [0.15, 0.2) is 60.0 Å². The Morgan fingerprint density at radius 3 is 2.29 bits per heavy atom. The SMILES string of the molecule is CC(C)C[C@](N)(C(=O)OC(C)(C)C)C(=O)N(Cc1csc(-c2ccccc2)n1)c1ccc(F)cc1. The summed E-state index contributed by atoms with van der Waals surface area (Å²) in [5, 5.41) is 2.67. The first-order valence-corrected chi connectivity index (χ1v) is 12.4. The standard InChI is InChI=1S/C27H32FN3O3S/c1-18(2)15-27(29,25(33)34-26(3,4)5)24(32)31(22-13-11-20(28)12-14-22)16-21-17-35-23(30-21)19-9-7-6-8-10-19/h6-14,17-18H,15-16,29H2,1-5H3/t27-/m1/s1. The molecular weight excluding hydrogens is 465 g/mol. The van der Waals surface area contributed by atoms with Gasteiger partial charge in [0.15, 0.2) is 5.54 Å². The lowest BCUT2D eigenvalue weighted by Gasteiger charge is -2.35. The number of rotatable bonds is 8. The van der Waals surface area contributed by atoms with Crippen molar-refractivity contribution < 1.29 is 18.7 Å². The normalized spacial score (nSPS) is 13.4. The number of aromatic nitrogens is 1. The molecule has 35 heavy (non-hydrogen) atoms. The van der Waals surface area contributed by atoms with Crippen molar-refractivity contribution in [1.29, 1.82) is 0 Å². The predicted octanol–water partition coefficient (Wildman–Crippen LogP) is 5.57. The Morgan fingerprint density at radius 1 is 1.09 bits per heavy atom. The van der Waals surface area contributed by atoms with Crippen LogP contribution in [-0.2, 0) is 20.9 Å². The van der Waals surface area contributed by atoms with Gasteiger partial charge in [0.1, 0.15) is 16.4 Å². The molecular formula is C27H32FN3O3S. The van der Waals surface area contributed by atoms with Gasteiger partial charge in [-0.15, -0.1) is 11.3 Å². The van der Waals surface area contributed by atoms with Crippen molar-refractivity contribution in [3.8, 4) is 10.6 Å². The molecule has 0 aliphatic carbocycles. The Balaban J connectivity index is 2.01. The molecule has 0 radical (unpaired) electrons. The summed E-state index contributed by atoms with van der Waals surface area (Å²) in [7, 11) is 0. The van der Waals surface area contributed by atoms with Gasteiger partial charge >= 0.3 is 5.97 Å². The molecule has 1 heterocycles. The first kappa shape index (κ1) is 26.5. The van der Waals surface area contributed by atoms with E-state index in [1.165, 1.54) is 40.5 Å². The first-order chi connectivity index (χ1) is 16.4. The number of ether oxygens (including phenoxy) is 1. The molecule has 186 valence electrons. The number of carbonyl (C=O) groups excluding carboxylic acids is 2. The Morgan fingerprint density at radius 2 is 1.71 bits per heavy atom. The number of esters is 1. The fourth-order valence-corrected chi connectivity index (χ4v) is 4.49. The number of nitrogens with two attached hydrogens (primary N) is 1. The summed E-state index contributed by atoms with van der Waals surface area (Å²) in [4.78, 5) is 33.3. The summed E-state index contributed by atoms with van der Waals surface area (Å²) in [6.07, 6.45) is 0.0881. The molecule has 3 aromatic rings. The number of nitrogens with zero attached hydrogens (tertiary/aromatic N) is 2. The van der Waals surface area contributed by atoms with E-state index in [0.717, 1.165) is 10.6 Å². The van der Waals surface area contributed by atoms with E-state index >= 15 is 0 Å². The lowest BCUT2D eigenvalue weighted by molar-refractivity contribution is -0.164. The summed E-state index contributed by atoms with van der Waals surface area (Å²) in [6, 6.07) is 15.2. The maximum Gasteiger partial charge on any atom is 0.336 e. The van der Waals surface area contributed by atoms with Gasteiger partial charge in [0.2, 0.25) is 0 Å². The number of hydrogen-bond donors (Lipinski definition) is 1. The van der Waals surface area contributed by atoms with Crippen LogP contribution < -0.4 is 10.6 Å². The number of hydrogen-bond acceptors (Lipinski definition) is 6. The largest absolute Gasteiger partial charge is 0.458 e. The number of thiazole rings is 1. The predicted molar refractivity (Wildman–Crippen MR) is 137 cm³/mol. The third-order valence-electron chi connectivity index (χ3n) is 5.15. The molecule has 0 aliphatic heterocycles. The van der Waals surface area contributed by atoms with Crippen LogP contribution in [-0.4, -0.2) is 28.0 Å². The zero-order valence-electron chi connectivity index (χ0n) is 20.7. The molecule has 0 unspecified atom stereocenters. The molecule has 1 atom stereocenters. The van der Waals surface area contributed by atoms with Crippen LogP contribution in [0.3, 0.4) is 0 Å². The van der Waals surface area contributed by atoms with Crippen molar-refractivity contribution in [1.82, 2.24) is 4.98 Å². The molecule has 0 bridgehead atoms. The van der Waals surface area contributed by atoms with Crippen LogP contribution in [0.2, 0.25) is 0 Å². The number of halogens is 1. The molecule has 2 aromatic carbocycles. The second-order valence-corrected chi connectivity index (χ2v) is 10.8. The van der Waals surface area contributed by atoms with E-state index in [0.29, 0.717) is 11.4 Å². The van der Waals surface area contributed by atoms with Gasteiger partial charge in [0, 0.05) is 16.6 Å². The second-order valence-electron chi connectivity index (χ2n) is 9.95. The van der Waals surface area contributed by atoms with Crippen molar-refractivity contribution >= 4 is 28.9 Å². The molecule has 3 rings (SSSR count). The van der Waals surface area contributed by atoms with Gasteiger partial charge in [-0.1, -0.05) is 44.2 Å². The summed E-state index contributed by atoms with van der Waals surface area (Å²) in [5.41, 5.74) is 5.81. The monoisotopic (exact) mass is 497 g/mol. The lowest BCUT2D eigenvalue weighted by atomic mass is 9.87. The summed E-state index contributed by atoms with van der Waals surface area (Å²) in [6.45, 7) is 9.01. The average molecular weight is 498 g/mol. The molecule has 0 saturated carbocycles. The van der Waals surface area contributed by atoms with Crippen LogP contribution in [0.1, 0.15) is 46.7 Å². The number of carbonyl (C=O) groups is 2. The van der Waals surface area contributed by atoms with Gasteiger partial charge < -0.3 is 15.4 Å². The molecule has 0 aliphatic rings. The first-order valence-electron chi connectivity index (χ1n) is 11.5. The van der Waals surface area contributed by atoms with E-state index in [2.05, 4.69) is 4.98 Å². The van der Waals surface area contributed by atoms with E-state index in [4.69, 9.17) is 10.5 Å². The molecule has 2 N–H and O–H groups in total. The molecule has 0 fully saturated rings. The van der Waals surface area contributed by atoms with E-state index < -0.39 is 28.8 Å². The minimum Gasteiger partial charge on any atom is -0.458 e. The van der Waals surface area contributed by atoms with Gasteiger partial charge in [-0.25, -0.2) is 14.2 Å². The van der Waals surface area contributed by atoms with Gasteiger partial charge in [-0.05, 0) is 57.4 Å². The van der Waals surface area contributed by atoms with E-state index in [9.17, 15) is 14.0 Å². The topological polar surface area (TPSA) is 85.5 Å².